The molecule has 3 nitrogen and oxygen atoms in total. The van der Waals surface area contributed by atoms with Gasteiger partial charge in [-0.2, -0.15) is 0 Å². The largest absolute Gasteiger partial charge is 0.399 e. The first kappa shape index (κ1) is 15.7. The van der Waals surface area contributed by atoms with Crippen LogP contribution in [0.3, 0.4) is 0 Å². The number of nitrogen functional groups attached to an aromatic ring is 1. The molecule has 1 amide bonds. The van der Waals surface area contributed by atoms with Gasteiger partial charge in [-0.25, -0.2) is 4.39 Å². The Morgan fingerprint density at radius 2 is 2.10 bits per heavy atom. The maximum absolute atomic E-state index is 13.6. The van der Waals surface area contributed by atoms with Crippen LogP contribution < -0.4 is 11.1 Å². The monoisotopic (exact) mass is 324 g/mol. The number of carbonyl (C=O) groups is 1. The van der Waals surface area contributed by atoms with Gasteiger partial charge in [0.15, 0.2) is 0 Å². The van der Waals surface area contributed by atoms with Gasteiger partial charge in [0.2, 0.25) is 5.91 Å². The van der Waals surface area contributed by atoms with E-state index in [1.165, 1.54) is 17.8 Å². The molecule has 0 aromatic heterocycles. The predicted octanol–water partition coefficient (Wildman–Crippen LogP) is 4.18. The Morgan fingerprint density at radius 1 is 1.29 bits per heavy atom. The van der Waals surface area contributed by atoms with E-state index in [1.54, 1.807) is 36.4 Å². The standard InChI is InChI=1S/C15H14ClFN2OS/c16-10-2-1-3-12(8-10)19-15(20)6-7-21-14-5-4-11(18)9-13(14)17/h1-5,8-9H,6-7,18H2,(H,19,20). The molecule has 0 spiro atoms. The lowest BCUT2D eigenvalue weighted by molar-refractivity contribution is -0.115. The molecule has 2 aromatic carbocycles. The first-order chi connectivity index (χ1) is 10.0. The van der Waals surface area contributed by atoms with Crippen molar-refractivity contribution in [1.82, 2.24) is 0 Å². The average Bonchev–Trinajstić information content (AvgIpc) is 2.41. The van der Waals surface area contributed by atoms with Gasteiger partial charge in [0.1, 0.15) is 5.82 Å². The summed E-state index contributed by atoms with van der Waals surface area (Å²) in [5.41, 5.74) is 6.51. The van der Waals surface area contributed by atoms with Crippen molar-refractivity contribution in [2.45, 2.75) is 11.3 Å². The predicted molar refractivity (Wildman–Crippen MR) is 86.2 cm³/mol. The molecule has 0 fully saturated rings. The summed E-state index contributed by atoms with van der Waals surface area (Å²) in [7, 11) is 0. The SMILES string of the molecule is Nc1ccc(SCCC(=O)Nc2cccc(Cl)c2)c(F)c1. The number of carbonyl (C=O) groups excluding carboxylic acids is 1. The summed E-state index contributed by atoms with van der Waals surface area (Å²) < 4.78 is 13.6. The van der Waals surface area contributed by atoms with E-state index >= 15 is 0 Å². The van der Waals surface area contributed by atoms with Crippen LogP contribution in [-0.2, 0) is 4.79 Å². The average molecular weight is 325 g/mol. The number of halogens is 2. The van der Waals surface area contributed by atoms with E-state index in [2.05, 4.69) is 5.32 Å². The third-order valence-corrected chi connectivity index (χ3v) is 3.94. The molecule has 3 N–H and O–H groups in total. The minimum atomic E-state index is -0.366. The van der Waals surface area contributed by atoms with Crippen molar-refractivity contribution in [2.75, 3.05) is 16.8 Å². The van der Waals surface area contributed by atoms with Gasteiger partial charge in [-0.15, -0.1) is 11.8 Å². The molecule has 0 bridgehead atoms. The first-order valence-corrected chi connectivity index (χ1v) is 7.64. The van der Waals surface area contributed by atoms with Gasteiger partial charge >= 0.3 is 0 Å². The second-order valence-electron chi connectivity index (χ2n) is 4.35. The van der Waals surface area contributed by atoms with Gasteiger partial charge in [-0.3, -0.25) is 4.79 Å². The number of nitrogens with one attached hydrogen (secondary N) is 1. The lowest BCUT2D eigenvalue weighted by Gasteiger charge is -2.06. The van der Waals surface area contributed by atoms with Crippen molar-refractivity contribution in [3.8, 4) is 0 Å². The fraction of sp³-hybridized carbons (Fsp3) is 0.133. The maximum Gasteiger partial charge on any atom is 0.225 e. The van der Waals surface area contributed by atoms with E-state index in [0.29, 0.717) is 27.0 Å². The zero-order valence-electron chi connectivity index (χ0n) is 11.1. The number of amides is 1. The number of rotatable bonds is 5. The minimum absolute atomic E-state index is 0.138. The molecule has 2 rings (SSSR count). The van der Waals surface area contributed by atoms with E-state index in [4.69, 9.17) is 17.3 Å². The smallest absolute Gasteiger partial charge is 0.225 e. The molecule has 0 heterocycles. The van der Waals surface area contributed by atoms with Gasteiger partial charge in [-0.05, 0) is 36.4 Å². The Morgan fingerprint density at radius 3 is 2.81 bits per heavy atom. The molecule has 6 heteroatoms. The highest BCUT2D eigenvalue weighted by molar-refractivity contribution is 7.99. The van der Waals surface area contributed by atoms with Crippen LogP contribution in [0.2, 0.25) is 5.02 Å². The summed E-state index contributed by atoms with van der Waals surface area (Å²) in [6.07, 6.45) is 0.279. The summed E-state index contributed by atoms with van der Waals surface area (Å²) in [5, 5.41) is 3.30. The Hall–Kier alpha value is -1.72. The quantitative estimate of drug-likeness (QED) is 0.640. The Balaban J connectivity index is 1.81. The summed E-state index contributed by atoms with van der Waals surface area (Å²) in [4.78, 5) is 12.3. The van der Waals surface area contributed by atoms with Crippen LogP contribution in [0.25, 0.3) is 0 Å². The molecule has 0 saturated carbocycles. The first-order valence-electron chi connectivity index (χ1n) is 6.28. The van der Waals surface area contributed by atoms with Crippen molar-refractivity contribution in [2.24, 2.45) is 0 Å². The molecule has 0 saturated heterocycles. The Kier molecular flexibility index (Phi) is 5.47. The highest BCUT2D eigenvalue weighted by Gasteiger charge is 2.06. The zero-order valence-corrected chi connectivity index (χ0v) is 12.7. The van der Waals surface area contributed by atoms with Crippen LogP contribution in [0.15, 0.2) is 47.4 Å². The maximum atomic E-state index is 13.6. The third kappa shape index (κ3) is 4.95. The van der Waals surface area contributed by atoms with Crippen LogP contribution in [0.4, 0.5) is 15.8 Å². The fourth-order valence-corrected chi connectivity index (χ4v) is 2.74. The fourth-order valence-electron chi connectivity index (χ4n) is 1.68. The van der Waals surface area contributed by atoms with Crippen molar-refractivity contribution in [3.63, 3.8) is 0 Å². The van der Waals surface area contributed by atoms with Crippen LogP contribution in [-0.4, -0.2) is 11.7 Å². The van der Waals surface area contributed by atoms with Crippen molar-refractivity contribution >= 4 is 40.6 Å². The molecular weight excluding hydrogens is 311 g/mol. The van der Waals surface area contributed by atoms with Crippen LogP contribution in [0, 0.1) is 5.82 Å². The van der Waals surface area contributed by atoms with Gasteiger partial charge in [0.25, 0.3) is 0 Å². The lowest BCUT2D eigenvalue weighted by atomic mass is 10.3. The highest BCUT2D eigenvalue weighted by Crippen LogP contribution is 2.24. The van der Waals surface area contributed by atoms with E-state index in [9.17, 15) is 9.18 Å². The lowest BCUT2D eigenvalue weighted by Crippen LogP contribution is -2.12. The molecule has 0 aliphatic rings. The van der Waals surface area contributed by atoms with E-state index in [-0.39, 0.29) is 18.1 Å². The molecule has 0 aliphatic heterocycles. The van der Waals surface area contributed by atoms with Crippen LogP contribution in [0.1, 0.15) is 6.42 Å². The minimum Gasteiger partial charge on any atom is -0.399 e. The second-order valence-corrected chi connectivity index (χ2v) is 5.92. The summed E-state index contributed by atoms with van der Waals surface area (Å²) >= 11 is 7.12. The molecule has 0 atom stereocenters. The normalized spacial score (nSPS) is 10.4. The molecule has 0 unspecified atom stereocenters. The van der Waals surface area contributed by atoms with Crippen molar-refractivity contribution in [3.05, 3.63) is 53.3 Å². The van der Waals surface area contributed by atoms with Gasteiger partial charge in [-0.1, -0.05) is 17.7 Å². The number of anilines is 2. The number of nitrogens with two attached hydrogens (primary N) is 1. The van der Waals surface area contributed by atoms with Crippen molar-refractivity contribution in [1.29, 1.82) is 0 Å². The number of hydrogen-bond donors (Lipinski definition) is 2. The third-order valence-electron chi connectivity index (χ3n) is 2.65. The molecule has 0 aliphatic carbocycles. The number of thioether (sulfide) groups is 1. The summed E-state index contributed by atoms with van der Waals surface area (Å²) in [6, 6.07) is 11.5. The summed E-state index contributed by atoms with van der Waals surface area (Å²) in [6.45, 7) is 0. The van der Waals surface area contributed by atoms with Gasteiger partial charge < -0.3 is 11.1 Å². The molecule has 2 aromatic rings. The second kappa shape index (κ2) is 7.33. The zero-order chi connectivity index (χ0) is 15.2. The van der Waals surface area contributed by atoms with Crippen LogP contribution in [0.5, 0.6) is 0 Å². The molecular formula is C15H14ClFN2OS. The Bertz CT molecular complexity index is 651. The summed E-state index contributed by atoms with van der Waals surface area (Å²) in [5.74, 6) is -0.0244. The molecule has 0 radical (unpaired) electrons. The Labute approximate surface area is 131 Å². The number of hydrogen-bond acceptors (Lipinski definition) is 3. The molecule has 110 valence electrons. The van der Waals surface area contributed by atoms with E-state index in [0.717, 1.165) is 0 Å². The molecule has 21 heavy (non-hydrogen) atoms. The van der Waals surface area contributed by atoms with Gasteiger partial charge in [0, 0.05) is 33.5 Å². The topological polar surface area (TPSA) is 55.1 Å². The number of benzene rings is 2. The van der Waals surface area contributed by atoms with E-state index in [1.807, 2.05) is 0 Å². The van der Waals surface area contributed by atoms with Crippen molar-refractivity contribution < 1.29 is 9.18 Å². The van der Waals surface area contributed by atoms with Gasteiger partial charge in [0.05, 0.1) is 0 Å². The van der Waals surface area contributed by atoms with Crippen LogP contribution >= 0.6 is 23.4 Å². The van der Waals surface area contributed by atoms with E-state index < -0.39 is 0 Å². The highest BCUT2D eigenvalue weighted by atomic mass is 35.5.